The molecule has 22 heavy (non-hydrogen) atoms. The van der Waals surface area contributed by atoms with E-state index in [1.54, 1.807) is 0 Å². The lowest BCUT2D eigenvalue weighted by Crippen LogP contribution is -2.10. The molecule has 116 valence electrons. The predicted octanol–water partition coefficient (Wildman–Crippen LogP) is 3.25. The van der Waals surface area contributed by atoms with Crippen molar-refractivity contribution >= 4 is 11.7 Å². The third-order valence-corrected chi connectivity index (χ3v) is 3.03. The van der Waals surface area contributed by atoms with Gasteiger partial charge in [0.15, 0.2) is 23.3 Å². The molecule has 0 bridgehead atoms. The molecule has 0 saturated heterocycles. The van der Waals surface area contributed by atoms with Gasteiger partial charge in [-0.15, -0.1) is 0 Å². The van der Waals surface area contributed by atoms with Gasteiger partial charge in [-0.05, 0) is 23.8 Å². The van der Waals surface area contributed by atoms with Crippen molar-refractivity contribution in [2.75, 3.05) is 5.73 Å². The molecule has 2 aromatic rings. The van der Waals surface area contributed by atoms with Crippen molar-refractivity contribution in [2.24, 2.45) is 0 Å². The number of carbonyl (C=O) groups is 1. The van der Waals surface area contributed by atoms with Crippen LogP contribution in [-0.2, 0) is 6.42 Å². The molecule has 0 heterocycles. The number of hydrogen-bond acceptors (Lipinski definition) is 2. The van der Waals surface area contributed by atoms with E-state index in [1.165, 1.54) is 6.07 Å². The number of halogens is 5. The first kappa shape index (κ1) is 15.7. The van der Waals surface area contributed by atoms with Gasteiger partial charge in [0.2, 0.25) is 5.82 Å². The fourth-order valence-electron chi connectivity index (χ4n) is 1.96. The van der Waals surface area contributed by atoms with Gasteiger partial charge < -0.3 is 10.8 Å². The Bertz CT molecular complexity index is 747. The standard InChI is InChI=1S/C14H8F5NO2/c15-9-8(10(16)12(18)13(19)11(9)17)4-5-3-6(20)1-2-7(5)14(21)22/h1-3H,4,20H2,(H,21,22). The maximum atomic E-state index is 13.6. The second-order valence-electron chi connectivity index (χ2n) is 4.45. The molecule has 0 aliphatic rings. The Kier molecular flexibility index (Phi) is 4.03. The van der Waals surface area contributed by atoms with E-state index in [4.69, 9.17) is 10.8 Å². The Hall–Kier alpha value is -2.64. The Morgan fingerprint density at radius 2 is 1.45 bits per heavy atom. The summed E-state index contributed by atoms with van der Waals surface area (Å²) in [5, 5.41) is 8.99. The van der Waals surface area contributed by atoms with Crippen LogP contribution < -0.4 is 5.73 Å². The van der Waals surface area contributed by atoms with Crippen LogP contribution in [0.15, 0.2) is 18.2 Å². The van der Waals surface area contributed by atoms with Crippen molar-refractivity contribution in [1.82, 2.24) is 0 Å². The van der Waals surface area contributed by atoms with E-state index in [0.717, 1.165) is 12.1 Å². The Balaban J connectivity index is 2.62. The van der Waals surface area contributed by atoms with Gasteiger partial charge in [-0.3, -0.25) is 0 Å². The Morgan fingerprint density at radius 3 is 1.95 bits per heavy atom. The number of benzene rings is 2. The van der Waals surface area contributed by atoms with E-state index in [-0.39, 0.29) is 16.8 Å². The highest BCUT2D eigenvalue weighted by Crippen LogP contribution is 2.27. The summed E-state index contributed by atoms with van der Waals surface area (Å²) < 4.78 is 66.5. The topological polar surface area (TPSA) is 63.3 Å². The van der Waals surface area contributed by atoms with Gasteiger partial charge in [-0.25, -0.2) is 26.7 Å². The lowest BCUT2D eigenvalue weighted by Gasteiger charge is -2.11. The zero-order chi connectivity index (χ0) is 16.6. The molecule has 0 radical (unpaired) electrons. The summed E-state index contributed by atoms with van der Waals surface area (Å²) in [6.07, 6.45) is -0.807. The molecule has 0 aliphatic heterocycles. The molecule has 0 unspecified atom stereocenters. The molecule has 0 atom stereocenters. The monoisotopic (exact) mass is 317 g/mol. The highest BCUT2D eigenvalue weighted by Gasteiger charge is 2.26. The maximum absolute atomic E-state index is 13.6. The molecule has 2 aromatic carbocycles. The quantitative estimate of drug-likeness (QED) is 0.395. The fourth-order valence-corrected chi connectivity index (χ4v) is 1.96. The SMILES string of the molecule is Nc1ccc(C(=O)O)c(Cc2c(F)c(F)c(F)c(F)c2F)c1. The highest BCUT2D eigenvalue weighted by molar-refractivity contribution is 5.90. The van der Waals surface area contributed by atoms with Crippen LogP contribution in [0.25, 0.3) is 0 Å². The van der Waals surface area contributed by atoms with Crippen LogP contribution >= 0.6 is 0 Å². The Morgan fingerprint density at radius 1 is 0.955 bits per heavy atom. The Labute approximate surface area is 120 Å². The van der Waals surface area contributed by atoms with Crippen LogP contribution in [0.4, 0.5) is 27.6 Å². The zero-order valence-corrected chi connectivity index (χ0v) is 10.8. The normalized spacial score (nSPS) is 10.8. The summed E-state index contributed by atoms with van der Waals surface area (Å²) in [6.45, 7) is 0. The van der Waals surface area contributed by atoms with Crippen LogP contribution in [-0.4, -0.2) is 11.1 Å². The van der Waals surface area contributed by atoms with Gasteiger partial charge in [0.05, 0.1) is 5.56 Å². The minimum Gasteiger partial charge on any atom is -0.478 e. The minimum atomic E-state index is -2.27. The van der Waals surface area contributed by atoms with Gasteiger partial charge in [0, 0.05) is 17.7 Å². The molecular weight excluding hydrogens is 309 g/mol. The van der Waals surface area contributed by atoms with Crippen molar-refractivity contribution in [3.8, 4) is 0 Å². The highest BCUT2D eigenvalue weighted by atomic mass is 19.2. The molecule has 0 fully saturated rings. The zero-order valence-electron chi connectivity index (χ0n) is 10.8. The number of nitrogens with two attached hydrogens (primary N) is 1. The number of hydrogen-bond donors (Lipinski definition) is 2. The first-order chi connectivity index (χ1) is 10.2. The molecule has 0 amide bonds. The van der Waals surface area contributed by atoms with Crippen LogP contribution in [0, 0.1) is 29.1 Å². The van der Waals surface area contributed by atoms with Crippen molar-refractivity contribution in [2.45, 2.75) is 6.42 Å². The van der Waals surface area contributed by atoms with Crippen LogP contribution in [0.5, 0.6) is 0 Å². The summed E-state index contributed by atoms with van der Waals surface area (Å²) in [4.78, 5) is 11.0. The molecule has 3 nitrogen and oxygen atoms in total. The second kappa shape index (κ2) is 5.63. The van der Waals surface area contributed by atoms with E-state index in [0.29, 0.717) is 0 Å². The van der Waals surface area contributed by atoms with Crippen LogP contribution in [0.2, 0.25) is 0 Å². The molecule has 0 spiro atoms. The average molecular weight is 317 g/mol. The van der Waals surface area contributed by atoms with E-state index >= 15 is 0 Å². The first-order valence-electron chi connectivity index (χ1n) is 5.86. The molecule has 3 N–H and O–H groups in total. The lowest BCUT2D eigenvalue weighted by atomic mass is 9.98. The maximum Gasteiger partial charge on any atom is 0.335 e. The van der Waals surface area contributed by atoms with Crippen molar-refractivity contribution in [3.05, 3.63) is 64.0 Å². The van der Waals surface area contributed by atoms with Crippen LogP contribution in [0.1, 0.15) is 21.5 Å². The van der Waals surface area contributed by atoms with Gasteiger partial charge in [-0.1, -0.05) is 0 Å². The average Bonchev–Trinajstić information content (AvgIpc) is 2.47. The second-order valence-corrected chi connectivity index (χ2v) is 4.45. The molecule has 0 saturated carbocycles. The van der Waals surface area contributed by atoms with E-state index in [2.05, 4.69) is 0 Å². The summed E-state index contributed by atoms with van der Waals surface area (Å²) in [5.74, 6) is -11.9. The van der Waals surface area contributed by atoms with E-state index < -0.39 is 47.0 Å². The molecule has 2 rings (SSSR count). The third-order valence-electron chi connectivity index (χ3n) is 3.03. The number of aromatic carboxylic acids is 1. The van der Waals surface area contributed by atoms with Gasteiger partial charge in [0.1, 0.15) is 0 Å². The number of carboxylic acid groups (broad SMARTS) is 1. The summed E-state index contributed by atoms with van der Waals surface area (Å²) >= 11 is 0. The van der Waals surface area contributed by atoms with Gasteiger partial charge >= 0.3 is 5.97 Å². The number of rotatable bonds is 3. The van der Waals surface area contributed by atoms with E-state index in [9.17, 15) is 26.7 Å². The smallest absolute Gasteiger partial charge is 0.335 e. The van der Waals surface area contributed by atoms with Crippen molar-refractivity contribution < 1.29 is 31.9 Å². The number of anilines is 1. The minimum absolute atomic E-state index is 0.0869. The summed E-state index contributed by atoms with van der Waals surface area (Å²) in [7, 11) is 0. The number of nitrogen functional groups attached to an aromatic ring is 1. The predicted molar refractivity (Wildman–Crippen MR) is 66.9 cm³/mol. The van der Waals surface area contributed by atoms with E-state index in [1.807, 2.05) is 0 Å². The molecule has 8 heteroatoms. The summed E-state index contributed by atoms with van der Waals surface area (Å²) in [5.41, 5.74) is 3.90. The van der Waals surface area contributed by atoms with Crippen LogP contribution in [0.3, 0.4) is 0 Å². The first-order valence-corrected chi connectivity index (χ1v) is 5.86. The third kappa shape index (κ3) is 2.59. The fraction of sp³-hybridized carbons (Fsp3) is 0.0714. The largest absolute Gasteiger partial charge is 0.478 e. The lowest BCUT2D eigenvalue weighted by molar-refractivity contribution is 0.0696. The van der Waals surface area contributed by atoms with Gasteiger partial charge in [0.25, 0.3) is 0 Å². The molecular formula is C14H8F5NO2. The van der Waals surface area contributed by atoms with Crippen molar-refractivity contribution in [3.63, 3.8) is 0 Å². The molecule has 0 aromatic heterocycles. The van der Waals surface area contributed by atoms with Gasteiger partial charge in [-0.2, -0.15) is 0 Å². The van der Waals surface area contributed by atoms with Crippen molar-refractivity contribution in [1.29, 1.82) is 0 Å². The number of carboxylic acids is 1. The molecule has 0 aliphatic carbocycles. The summed E-state index contributed by atoms with van der Waals surface area (Å²) in [6, 6.07) is 3.42.